The number of sulfonamides is 1. The second-order valence-electron chi connectivity index (χ2n) is 3.41. The first kappa shape index (κ1) is 13.3. The number of nitrogens with two attached hydrogens (primary N) is 1. The summed E-state index contributed by atoms with van der Waals surface area (Å²) in [5, 5.41) is 2.18. The Balaban J connectivity index is 3.22. The van der Waals surface area contributed by atoms with E-state index in [1.165, 1.54) is 13.1 Å². The van der Waals surface area contributed by atoms with Crippen molar-refractivity contribution >= 4 is 21.7 Å². The van der Waals surface area contributed by atoms with E-state index in [2.05, 4.69) is 5.32 Å². The van der Waals surface area contributed by atoms with Gasteiger partial charge in [0.15, 0.2) is 0 Å². The van der Waals surface area contributed by atoms with Crippen LogP contribution in [-0.2, 0) is 16.4 Å². The summed E-state index contributed by atoms with van der Waals surface area (Å²) in [7, 11) is -2.54. The number of carbonyl (C=O) groups is 1. The van der Waals surface area contributed by atoms with Crippen LogP contribution in [-0.4, -0.2) is 21.5 Å². The van der Waals surface area contributed by atoms with Crippen LogP contribution in [0.3, 0.4) is 0 Å². The van der Waals surface area contributed by atoms with Crippen LogP contribution in [0.2, 0.25) is 0 Å². The van der Waals surface area contributed by atoms with Gasteiger partial charge >= 0.3 is 6.03 Å². The van der Waals surface area contributed by atoms with Gasteiger partial charge in [-0.15, -0.1) is 0 Å². The summed E-state index contributed by atoms with van der Waals surface area (Å²) in [4.78, 5) is 11.1. The van der Waals surface area contributed by atoms with Crippen molar-refractivity contribution in [3.8, 4) is 0 Å². The highest BCUT2D eigenvalue weighted by Gasteiger charge is 2.20. The largest absolute Gasteiger partial charge is 0.399 e. The second kappa shape index (κ2) is 5.05. The smallest absolute Gasteiger partial charge is 0.328 e. The Morgan fingerprint density at radius 2 is 2.06 bits per heavy atom. The Morgan fingerprint density at radius 3 is 2.59 bits per heavy atom. The van der Waals surface area contributed by atoms with Gasteiger partial charge in [-0.05, 0) is 24.1 Å². The lowest BCUT2D eigenvalue weighted by Gasteiger charge is -2.10. The van der Waals surface area contributed by atoms with Crippen LogP contribution in [0.1, 0.15) is 12.5 Å². The van der Waals surface area contributed by atoms with Gasteiger partial charge in [0.1, 0.15) is 0 Å². The van der Waals surface area contributed by atoms with Gasteiger partial charge < -0.3 is 11.1 Å². The summed E-state index contributed by atoms with van der Waals surface area (Å²) in [6.45, 7) is 1.82. The van der Waals surface area contributed by atoms with Gasteiger partial charge in [-0.3, -0.25) is 0 Å². The van der Waals surface area contributed by atoms with E-state index in [0.717, 1.165) is 0 Å². The van der Waals surface area contributed by atoms with Gasteiger partial charge in [0.05, 0.1) is 4.90 Å². The number of nitrogen functional groups attached to an aromatic ring is 1. The molecule has 7 heteroatoms. The van der Waals surface area contributed by atoms with E-state index >= 15 is 0 Å². The number of urea groups is 1. The average Bonchev–Trinajstić information content (AvgIpc) is 2.28. The average molecular weight is 257 g/mol. The molecule has 4 N–H and O–H groups in total. The number of aryl methyl sites for hydroxylation is 1. The minimum atomic E-state index is -3.88. The molecule has 0 radical (unpaired) electrons. The van der Waals surface area contributed by atoms with E-state index in [4.69, 9.17) is 5.73 Å². The van der Waals surface area contributed by atoms with Gasteiger partial charge in [0, 0.05) is 12.7 Å². The summed E-state index contributed by atoms with van der Waals surface area (Å²) >= 11 is 0. The van der Waals surface area contributed by atoms with Gasteiger partial charge in [-0.25, -0.2) is 17.9 Å². The van der Waals surface area contributed by atoms with Gasteiger partial charge in [0.2, 0.25) is 0 Å². The van der Waals surface area contributed by atoms with Crippen LogP contribution in [0, 0.1) is 0 Å². The molecule has 0 saturated heterocycles. The molecule has 1 rings (SSSR count). The summed E-state index contributed by atoms with van der Waals surface area (Å²) in [5.41, 5.74) is 6.49. The lowest BCUT2D eigenvalue weighted by atomic mass is 10.1. The Morgan fingerprint density at radius 1 is 1.41 bits per heavy atom. The fraction of sp³-hybridized carbons (Fsp3) is 0.300. The normalized spacial score (nSPS) is 10.9. The molecule has 0 unspecified atom stereocenters. The highest BCUT2D eigenvalue weighted by molar-refractivity contribution is 7.90. The first-order valence-electron chi connectivity index (χ1n) is 5.03. The minimum Gasteiger partial charge on any atom is -0.399 e. The topological polar surface area (TPSA) is 101 Å². The van der Waals surface area contributed by atoms with Crippen molar-refractivity contribution in [2.45, 2.75) is 18.2 Å². The number of benzene rings is 1. The molecule has 0 atom stereocenters. The molecule has 0 aliphatic rings. The number of amides is 2. The molecule has 1 aromatic carbocycles. The molecule has 0 saturated carbocycles. The third kappa shape index (κ3) is 3.10. The van der Waals surface area contributed by atoms with E-state index in [0.29, 0.717) is 17.7 Å². The maximum Gasteiger partial charge on any atom is 0.328 e. The first-order chi connectivity index (χ1) is 7.90. The van der Waals surface area contributed by atoms with Crippen molar-refractivity contribution in [2.24, 2.45) is 0 Å². The van der Waals surface area contributed by atoms with E-state index in [1.54, 1.807) is 12.1 Å². The number of anilines is 1. The molecule has 94 valence electrons. The highest BCUT2D eigenvalue weighted by atomic mass is 32.2. The highest BCUT2D eigenvalue weighted by Crippen LogP contribution is 2.19. The molecule has 1 aromatic rings. The molecule has 0 heterocycles. The molecule has 17 heavy (non-hydrogen) atoms. The number of hydrogen-bond donors (Lipinski definition) is 3. The van der Waals surface area contributed by atoms with Crippen LogP contribution in [0.25, 0.3) is 0 Å². The van der Waals surface area contributed by atoms with Crippen molar-refractivity contribution in [1.82, 2.24) is 10.0 Å². The molecule has 0 fully saturated rings. The third-order valence-corrected chi connectivity index (χ3v) is 3.63. The zero-order valence-corrected chi connectivity index (χ0v) is 10.5. The quantitative estimate of drug-likeness (QED) is 0.684. The van der Waals surface area contributed by atoms with E-state index in [9.17, 15) is 13.2 Å². The van der Waals surface area contributed by atoms with Crippen LogP contribution >= 0.6 is 0 Å². The molecular formula is C10H15N3O3S. The molecule has 0 bridgehead atoms. The fourth-order valence-electron chi connectivity index (χ4n) is 1.34. The predicted molar refractivity (Wildman–Crippen MR) is 65.0 cm³/mol. The monoisotopic (exact) mass is 257 g/mol. The van der Waals surface area contributed by atoms with E-state index in [-0.39, 0.29) is 4.90 Å². The lowest BCUT2D eigenvalue weighted by molar-refractivity contribution is 0.248. The number of rotatable bonds is 3. The van der Waals surface area contributed by atoms with Crippen molar-refractivity contribution in [3.63, 3.8) is 0 Å². The van der Waals surface area contributed by atoms with Gasteiger partial charge in [0.25, 0.3) is 10.0 Å². The van der Waals surface area contributed by atoms with Crippen molar-refractivity contribution in [3.05, 3.63) is 23.8 Å². The Labute approximate surface area is 100 Å². The maximum atomic E-state index is 11.9. The van der Waals surface area contributed by atoms with E-state index < -0.39 is 16.1 Å². The fourth-order valence-corrected chi connectivity index (χ4v) is 2.65. The van der Waals surface area contributed by atoms with Crippen molar-refractivity contribution < 1.29 is 13.2 Å². The zero-order chi connectivity index (χ0) is 13.1. The molecule has 0 spiro atoms. The number of nitrogens with one attached hydrogen (secondary N) is 2. The van der Waals surface area contributed by atoms with Crippen molar-refractivity contribution in [1.29, 1.82) is 0 Å². The van der Waals surface area contributed by atoms with Crippen LogP contribution in [0.15, 0.2) is 23.1 Å². The number of hydrogen-bond acceptors (Lipinski definition) is 4. The molecule has 0 aliphatic heterocycles. The Hall–Kier alpha value is -1.76. The summed E-state index contributed by atoms with van der Waals surface area (Å²) in [6, 6.07) is 3.81. The third-order valence-electron chi connectivity index (χ3n) is 2.22. The molecule has 0 aromatic heterocycles. The minimum absolute atomic E-state index is 0.0311. The molecular weight excluding hydrogens is 242 g/mol. The summed E-state index contributed by atoms with van der Waals surface area (Å²) in [6.07, 6.45) is 0.532. The summed E-state index contributed by atoms with van der Waals surface area (Å²) in [5.74, 6) is 0. The maximum absolute atomic E-state index is 11.9. The summed E-state index contributed by atoms with van der Waals surface area (Å²) < 4.78 is 25.7. The van der Waals surface area contributed by atoms with E-state index in [1.807, 2.05) is 11.6 Å². The van der Waals surface area contributed by atoms with Crippen LogP contribution in [0.5, 0.6) is 0 Å². The molecule has 2 amide bonds. The Kier molecular flexibility index (Phi) is 3.95. The zero-order valence-electron chi connectivity index (χ0n) is 9.65. The second-order valence-corrected chi connectivity index (χ2v) is 5.06. The molecule has 6 nitrogen and oxygen atoms in total. The van der Waals surface area contributed by atoms with Crippen molar-refractivity contribution in [2.75, 3.05) is 12.8 Å². The van der Waals surface area contributed by atoms with Gasteiger partial charge in [-0.1, -0.05) is 13.0 Å². The van der Waals surface area contributed by atoms with Crippen LogP contribution < -0.4 is 15.8 Å². The molecule has 0 aliphatic carbocycles. The van der Waals surface area contributed by atoms with Gasteiger partial charge in [-0.2, -0.15) is 0 Å². The lowest BCUT2D eigenvalue weighted by Crippen LogP contribution is -2.37. The SMILES string of the molecule is CCc1ccc(N)cc1S(=O)(=O)NC(=O)NC. The predicted octanol–water partition coefficient (Wildman–Crippen LogP) is 0.449. The standard InChI is InChI=1S/C10H15N3O3S/c1-3-7-4-5-8(11)6-9(7)17(15,16)13-10(14)12-2/h4-6H,3,11H2,1-2H3,(H2,12,13,14). The number of carbonyl (C=O) groups excluding carboxylic acids is 1. The first-order valence-corrected chi connectivity index (χ1v) is 6.52. The van der Waals surface area contributed by atoms with Crippen LogP contribution in [0.4, 0.5) is 10.5 Å². The Bertz CT molecular complexity index is 526.